The fourth-order valence-corrected chi connectivity index (χ4v) is 1.96. The molecule has 0 saturated carbocycles. The van der Waals surface area contributed by atoms with E-state index in [9.17, 15) is 9.90 Å². The van der Waals surface area contributed by atoms with Gasteiger partial charge in [0.1, 0.15) is 0 Å². The van der Waals surface area contributed by atoms with Gasteiger partial charge in [-0.15, -0.1) is 0 Å². The molecule has 108 valence electrons. The molecule has 21 heavy (non-hydrogen) atoms. The van der Waals surface area contributed by atoms with Crippen molar-refractivity contribution in [2.24, 2.45) is 0 Å². The number of carbonyl (C=O) groups excluding carboxylic acids is 1. The quantitative estimate of drug-likeness (QED) is 0.794. The average Bonchev–Trinajstić information content (AvgIpc) is 2.54. The molecule has 2 aromatic rings. The third-order valence-corrected chi connectivity index (χ3v) is 3.00. The summed E-state index contributed by atoms with van der Waals surface area (Å²) in [6.45, 7) is -0.0959. The Morgan fingerprint density at radius 2 is 2.05 bits per heavy atom. The van der Waals surface area contributed by atoms with Gasteiger partial charge in [-0.25, -0.2) is 0 Å². The number of aromatic nitrogens is 1. The van der Waals surface area contributed by atoms with Crippen molar-refractivity contribution in [3.05, 3.63) is 72.1 Å². The molecule has 0 bridgehead atoms. The summed E-state index contributed by atoms with van der Waals surface area (Å²) in [7, 11) is 0. The van der Waals surface area contributed by atoms with E-state index >= 15 is 0 Å². The Morgan fingerprint density at radius 3 is 2.71 bits per heavy atom. The van der Waals surface area contributed by atoms with E-state index in [0.717, 1.165) is 11.1 Å². The van der Waals surface area contributed by atoms with Crippen molar-refractivity contribution in [2.75, 3.05) is 6.61 Å². The van der Waals surface area contributed by atoms with Crippen LogP contribution in [0.2, 0.25) is 0 Å². The number of benzene rings is 1. The largest absolute Gasteiger partial charge is 0.394 e. The molecule has 1 atom stereocenters. The smallest absolute Gasteiger partial charge is 0.244 e. The Kier molecular flexibility index (Phi) is 5.67. The number of hydrogen-bond acceptors (Lipinski definition) is 3. The van der Waals surface area contributed by atoms with Crippen LogP contribution in [0.5, 0.6) is 0 Å². The van der Waals surface area contributed by atoms with Gasteiger partial charge in [0, 0.05) is 18.5 Å². The standard InChI is InChI=1S/C17H18N2O2/c20-13-16(11-14-5-2-1-3-6-14)19-17(21)9-8-15-7-4-10-18-12-15/h1-10,12,16,20H,11,13H2,(H,19,21)/b9-8+. The van der Waals surface area contributed by atoms with Crippen molar-refractivity contribution >= 4 is 12.0 Å². The number of amides is 1. The molecule has 4 nitrogen and oxygen atoms in total. The minimum absolute atomic E-state index is 0.0959. The molecule has 1 heterocycles. The third-order valence-electron chi connectivity index (χ3n) is 3.00. The molecule has 4 heteroatoms. The van der Waals surface area contributed by atoms with Gasteiger partial charge >= 0.3 is 0 Å². The molecule has 1 aromatic heterocycles. The lowest BCUT2D eigenvalue weighted by atomic mass is 10.1. The zero-order chi connectivity index (χ0) is 14.9. The van der Waals surface area contributed by atoms with Crippen LogP contribution in [0.3, 0.4) is 0 Å². The number of rotatable bonds is 6. The van der Waals surface area contributed by atoms with Crippen molar-refractivity contribution in [2.45, 2.75) is 12.5 Å². The summed E-state index contributed by atoms with van der Waals surface area (Å²) in [5.41, 5.74) is 1.93. The monoisotopic (exact) mass is 282 g/mol. The molecule has 0 radical (unpaired) electrons. The number of pyridine rings is 1. The summed E-state index contributed by atoms with van der Waals surface area (Å²) in [5, 5.41) is 12.2. The van der Waals surface area contributed by atoms with Crippen LogP contribution in [0, 0.1) is 0 Å². The molecule has 0 aliphatic carbocycles. The maximum atomic E-state index is 11.8. The maximum absolute atomic E-state index is 11.8. The van der Waals surface area contributed by atoms with Crippen LogP contribution >= 0.6 is 0 Å². The number of carbonyl (C=O) groups is 1. The van der Waals surface area contributed by atoms with Crippen molar-refractivity contribution in [3.8, 4) is 0 Å². The Hall–Kier alpha value is -2.46. The second-order valence-corrected chi connectivity index (χ2v) is 4.70. The molecular formula is C17H18N2O2. The van der Waals surface area contributed by atoms with E-state index in [2.05, 4.69) is 10.3 Å². The highest BCUT2D eigenvalue weighted by atomic mass is 16.3. The second-order valence-electron chi connectivity index (χ2n) is 4.70. The molecule has 2 rings (SSSR count). The molecule has 0 saturated heterocycles. The summed E-state index contributed by atoms with van der Waals surface area (Å²) in [5.74, 6) is -0.228. The highest BCUT2D eigenvalue weighted by Crippen LogP contribution is 2.03. The average molecular weight is 282 g/mol. The SMILES string of the molecule is O=C(/C=C/c1cccnc1)NC(CO)Cc1ccccc1. The first-order valence-corrected chi connectivity index (χ1v) is 6.81. The molecule has 0 spiro atoms. The van der Waals surface area contributed by atoms with Gasteiger partial charge in [-0.2, -0.15) is 0 Å². The van der Waals surface area contributed by atoms with Gasteiger partial charge < -0.3 is 10.4 Å². The summed E-state index contributed by atoms with van der Waals surface area (Å²) >= 11 is 0. The molecular weight excluding hydrogens is 264 g/mol. The molecule has 1 unspecified atom stereocenters. The van der Waals surface area contributed by atoms with Crippen molar-refractivity contribution in [1.29, 1.82) is 0 Å². The minimum atomic E-state index is -0.293. The van der Waals surface area contributed by atoms with Crippen molar-refractivity contribution in [3.63, 3.8) is 0 Å². The summed E-state index contributed by atoms with van der Waals surface area (Å²) < 4.78 is 0. The first kappa shape index (κ1) is 14.9. The highest BCUT2D eigenvalue weighted by molar-refractivity contribution is 5.91. The number of nitrogens with one attached hydrogen (secondary N) is 1. The number of nitrogens with zero attached hydrogens (tertiary/aromatic N) is 1. The zero-order valence-corrected chi connectivity index (χ0v) is 11.6. The van der Waals surface area contributed by atoms with Crippen LogP contribution in [0.25, 0.3) is 6.08 Å². The summed E-state index contributed by atoms with van der Waals surface area (Å²) in [6.07, 6.45) is 7.10. The van der Waals surface area contributed by atoms with Gasteiger partial charge in [0.2, 0.25) is 5.91 Å². The number of aliphatic hydroxyl groups is 1. The molecule has 1 amide bonds. The predicted molar refractivity (Wildman–Crippen MR) is 82.4 cm³/mol. The molecule has 0 aliphatic heterocycles. The van der Waals surface area contributed by atoms with Crippen LogP contribution in [0.4, 0.5) is 0 Å². The molecule has 2 N–H and O–H groups in total. The minimum Gasteiger partial charge on any atom is -0.394 e. The lowest BCUT2D eigenvalue weighted by Gasteiger charge is -2.15. The fourth-order valence-electron chi connectivity index (χ4n) is 1.96. The Morgan fingerprint density at radius 1 is 1.24 bits per heavy atom. The lowest BCUT2D eigenvalue weighted by Crippen LogP contribution is -2.38. The van der Waals surface area contributed by atoms with Gasteiger partial charge in [-0.05, 0) is 29.7 Å². The Balaban J connectivity index is 1.89. The number of aliphatic hydroxyl groups excluding tert-OH is 1. The van der Waals surface area contributed by atoms with Crippen LogP contribution in [-0.2, 0) is 11.2 Å². The maximum Gasteiger partial charge on any atom is 0.244 e. The Labute approximate surface area is 124 Å². The van der Waals surface area contributed by atoms with Crippen LogP contribution in [-0.4, -0.2) is 28.6 Å². The van der Waals surface area contributed by atoms with E-state index in [-0.39, 0.29) is 18.6 Å². The fraction of sp³-hybridized carbons (Fsp3) is 0.176. The topological polar surface area (TPSA) is 62.2 Å². The lowest BCUT2D eigenvalue weighted by molar-refractivity contribution is -0.117. The molecule has 1 aromatic carbocycles. The van der Waals surface area contributed by atoms with Crippen LogP contribution < -0.4 is 5.32 Å². The van der Waals surface area contributed by atoms with E-state index in [1.807, 2.05) is 42.5 Å². The predicted octanol–water partition coefficient (Wildman–Crippen LogP) is 1.81. The van der Waals surface area contributed by atoms with E-state index in [1.54, 1.807) is 18.5 Å². The zero-order valence-electron chi connectivity index (χ0n) is 11.6. The number of hydrogen-bond donors (Lipinski definition) is 2. The van der Waals surface area contributed by atoms with Gasteiger partial charge in [0.05, 0.1) is 12.6 Å². The van der Waals surface area contributed by atoms with Gasteiger partial charge in [0.25, 0.3) is 0 Å². The van der Waals surface area contributed by atoms with E-state index in [4.69, 9.17) is 0 Å². The van der Waals surface area contributed by atoms with E-state index < -0.39 is 0 Å². The highest BCUT2D eigenvalue weighted by Gasteiger charge is 2.10. The Bertz CT molecular complexity index is 582. The van der Waals surface area contributed by atoms with E-state index in [0.29, 0.717) is 6.42 Å². The third kappa shape index (κ3) is 5.20. The van der Waals surface area contributed by atoms with E-state index in [1.165, 1.54) is 6.08 Å². The second kappa shape index (κ2) is 7.97. The van der Waals surface area contributed by atoms with Gasteiger partial charge in [-0.1, -0.05) is 36.4 Å². The molecule has 0 aliphatic rings. The van der Waals surface area contributed by atoms with Gasteiger partial charge in [-0.3, -0.25) is 9.78 Å². The van der Waals surface area contributed by atoms with Crippen LogP contribution in [0.1, 0.15) is 11.1 Å². The van der Waals surface area contributed by atoms with Crippen molar-refractivity contribution in [1.82, 2.24) is 10.3 Å². The van der Waals surface area contributed by atoms with Crippen LogP contribution in [0.15, 0.2) is 60.9 Å². The summed E-state index contributed by atoms with van der Waals surface area (Å²) in [6, 6.07) is 13.1. The normalized spacial score (nSPS) is 12.2. The van der Waals surface area contributed by atoms with Crippen molar-refractivity contribution < 1.29 is 9.90 Å². The first-order valence-electron chi connectivity index (χ1n) is 6.81. The first-order chi connectivity index (χ1) is 10.3. The van der Waals surface area contributed by atoms with Gasteiger partial charge in [0.15, 0.2) is 0 Å². The summed E-state index contributed by atoms with van der Waals surface area (Å²) in [4.78, 5) is 15.8. The molecule has 0 fully saturated rings.